The Balaban J connectivity index is 2.12. The van der Waals surface area contributed by atoms with Gasteiger partial charge in [-0.1, -0.05) is 12.1 Å². The summed E-state index contributed by atoms with van der Waals surface area (Å²) in [6, 6.07) is 12.4. The van der Waals surface area contributed by atoms with Gasteiger partial charge < -0.3 is 5.32 Å². The lowest BCUT2D eigenvalue weighted by Gasteiger charge is -2.12. The van der Waals surface area contributed by atoms with Crippen molar-refractivity contribution in [3.63, 3.8) is 0 Å². The molecule has 0 bridgehead atoms. The molecule has 0 unspecified atom stereocenters. The number of benzene rings is 2. The van der Waals surface area contributed by atoms with Gasteiger partial charge in [-0.25, -0.2) is 0 Å². The maximum atomic E-state index is 12.6. The van der Waals surface area contributed by atoms with Gasteiger partial charge in [0.05, 0.1) is 17.2 Å². The summed E-state index contributed by atoms with van der Waals surface area (Å²) >= 11 is 0. The summed E-state index contributed by atoms with van der Waals surface area (Å²) in [7, 11) is 0. The van der Waals surface area contributed by atoms with Crippen molar-refractivity contribution < 1.29 is 13.2 Å². The Bertz CT molecular complexity index is 685. The molecule has 2 aromatic rings. The van der Waals surface area contributed by atoms with Gasteiger partial charge >= 0.3 is 6.18 Å². The van der Waals surface area contributed by atoms with E-state index in [9.17, 15) is 13.2 Å². The summed E-state index contributed by atoms with van der Waals surface area (Å²) in [5.41, 5.74) is 2.16. The van der Waals surface area contributed by atoms with Crippen LogP contribution in [0.25, 0.3) is 0 Å². The summed E-state index contributed by atoms with van der Waals surface area (Å²) in [6.07, 6.45) is -4.35. The van der Waals surface area contributed by atoms with Crippen molar-refractivity contribution in [2.45, 2.75) is 19.6 Å². The van der Waals surface area contributed by atoms with E-state index in [0.717, 1.165) is 23.3 Å². The van der Waals surface area contributed by atoms with Gasteiger partial charge in [0.25, 0.3) is 0 Å². The van der Waals surface area contributed by atoms with E-state index in [4.69, 9.17) is 5.26 Å². The summed E-state index contributed by atoms with van der Waals surface area (Å²) in [6.45, 7) is 2.27. The number of hydrogen-bond donors (Lipinski definition) is 1. The van der Waals surface area contributed by atoms with Crippen molar-refractivity contribution in [1.82, 2.24) is 0 Å². The number of nitriles is 1. The van der Waals surface area contributed by atoms with Crippen molar-refractivity contribution in [2.24, 2.45) is 0 Å². The molecule has 0 aliphatic carbocycles. The van der Waals surface area contributed by atoms with Crippen molar-refractivity contribution in [1.29, 1.82) is 5.26 Å². The van der Waals surface area contributed by atoms with E-state index in [1.54, 1.807) is 24.3 Å². The molecule has 0 atom stereocenters. The predicted octanol–water partition coefficient (Wildman–Crippen LogP) is 4.50. The molecule has 0 heterocycles. The molecule has 2 nitrogen and oxygen atoms in total. The highest BCUT2D eigenvalue weighted by Crippen LogP contribution is 2.30. The molecule has 108 valence electrons. The number of rotatable bonds is 3. The summed E-state index contributed by atoms with van der Waals surface area (Å²) < 4.78 is 37.9. The molecule has 5 heteroatoms. The average molecular weight is 290 g/mol. The molecular weight excluding hydrogens is 277 g/mol. The van der Waals surface area contributed by atoms with Gasteiger partial charge in [0.15, 0.2) is 0 Å². The molecule has 0 amide bonds. The molecule has 1 N–H and O–H groups in total. The second kappa shape index (κ2) is 5.88. The smallest absolute Gasteiger partial charge is 0.381 e. The first-order valence-corrected chi connectivity index (χ1v) is 6.31. The van der Waals surface area contributed by atoms with E-state index in [2.05, 4.69) is 5.32 Å². The van der Waals surface area contributed by atoms with Crippen LogP contribution in [0.3, 0.4) is 0 Å². The molecule has 0 saturated carbocycles. The quantitative estimate of drug-likeness (QED) is 0.903. The standard InChI is InChI=1S/C16H13F3N2/c1-11-7-12(9-20)5-6-13(11)10-21-15-4-2-3-14(8-15)16(17,18)19/h2-8,21H,10H2,1H3. The molecule has 0 aliphatic heterocycles. The van der Waals surface area contributed by atoms with Crippen LogP contribution in [0.4, 0.5) is 18.9 Å². The Hall–Kier alpha value is -2.48. The van der Waals surface area contributed by atoms with Crippen molar-refractivity contribution in [3.05, 3.63) is 64.7 Å². The van der Waals surface area contributed by atoms with E-state index in [1.807, 2.05) is 13.0 Å². The third-order valence-electron chi connectivity index (χ3n) is 3.14. The van der Waals surface area contributed by atoms with E-state index >= 15 is 0 Å². The van der Waals surface area contributed by atoms with Crippen LogP contribution in [0.2, 0.25) is 0 Å². The topological polar surface area (TPSA) is 35.8 Å². The van der Waals surface area contributed by atoms with Crippen LogP contribution in [0.1, 0.15) is 22.3 Å². The molecule has 0 spiro atoms. The van der Waals surface area contributed by atoms with Crippen LogP contribution in [-0.4, -0.2) is 0 Å². The van der Waals surface area contributed by atoms with Gasteiger partial charge in [-0.05, 0) is 48.4 Å². The Kier molecular flexibility index (Phi) is 4.18. The molecule has 2 rings (SSSR count). The zero-order chi connectivity index (χ0) is 15.5. The van der Waals surface area contributed by atoms with Crippen LogP contribution < -0.4 is 5.32 Å². The zero-order valence-corrected chi connectivity index (χ0v) is 11.3. The van der Waals surface area contributed by atoms with E-state index in [-0.39, 0.29) is 0 Å². The van der Waals surface area contributed by atoms with Crippen LogP contribution in [0.15, 0.2) is 42.5 Å². The normalized spacial score (nSPS) is 11.0. The first kappa shape index (κ1) is 14.9. The van der Waals surface area contributed by atoms with E-state index in [0.29, 0.717) is 17.8 Å². The van der Waals surface area contributed by atoms with E-state index in [1.165, 1.54) is 6.07 Å². The van der Waals surface area contributed by atoms with Crippen molar-refractivity contribution in [3.8, 4) is 6.07 Å². The number of anilines is 1. The number of alkyl halides is 3. The molecule has 0 radical (unpaired) electrons. The zero-order valence-electron chi connectivity index (χ0n) is 11.3. The third kappa shape index (κ3) is 3.76. The van der Waals surface area contributed by atoms with Crippen molar-refractivity contribution in [2.75, 3.05) is 5.32 Å². The first-order valence-electron chi connectivity index (χ1n) is 6.31. The third-order valence-corrected chi connectivity index (χ3v) is 3.14. The number of aryl methyl sites for hydroxylation is 1. The number of nitrogens with one attached hydrogen (secondary N) is 1. The minimum Gasteiger partial charge on any atom is -0.381 e. The molecular formula is C16H13F3N2. The Morgan fingerprint density at radius 1 is 1.14 bits per heavy atom. The Morgan fingerprint density at radius 2 is 1.90 bits per heavy atom. The lowest BCUT2D eigenvalue weighted by Crippen LogP contribution is -2.07. The lowest BCUT2D eigenvalue weighted by atomic mass is 10.1. The number of nitrogens with zero attached hydrogens (tertiary/aromatic N) is 1. The minimum atomic E-state index is -4.35. The average Bonchev–Trinajstić information content (AvgIpc) is 2.45. The fraction of sp³-hybridized carbons (Fsp3) is 0.188. The molecule has 0 saturated heterocycles. The van der Waals surface area contributed by atoms with Crippen molar-refractivity contribution >= 4 is 5.69 Å². The number of halogens is 3. The largest absolute Gasteiger partial charge is 0.416 e. The van der Waals surface area contributed by atoms with Crippen LogP contribution in [0.5, 0.6) is 0 Å². The highest BCUT2D eigenvalue weighted by Gasteiger charge is 2.30. The molecule has 0 aromatic heterocycles. The second-order valence-electron chi connectivity index (χ2n) is 4.69. The van der Waals surface area contributed by atoms with Crippen LogP contribution >= 0.6 is 0 Å². The maximum absolute atomic E-state index is 12.6. The fourth-order valence-electron chi connectivity index (χ4n) is 1.97. The van der Waals surface area contributed by atoms with Gasteiger partial charge in [0.1, 0.15) is 0 Å². The summed E-state index contributed by atoms with van der Waals surface area (Å²) in [5, 5.41) is 11.8. The van der Waals surface area contributed by atoms with Gasteiger partial charge in [-0.2, -0.15) is 18.4 Å². The summed E-state index contributed by atoms with van der Waals surface area (Å²) in [4.78, 5) is 0. The van der Waals surface area contributed by atoms with Crippen LogP contribution in [-0.2, 0) is 12.7 Å². The minimum absolute atomic E-state index is 0.402. The first-order chi connectivity index (χ1) is 9.90. The monoisotopic (exact) mass is 290 g/mol. The lowest BCUT2D eigenvalue weighted by molar-refractivity contribution is -0.137. The van der Waals surface area contributed by atoms with Gasteiger partial charge in [-0.3, -0.25) is 0 Å². The molecule has 21 heavy (non-hydrogen) atoms. The highest BCUT2D eigenvalue weighted by atomic mass is 19.4. The van der Waals surface area contributed by atoms with E-state index < -0.39 is 11.7 Å². The second-order valence-corrected chi connectivity index (χ2v) is 4.69. The molecule has 0 fully saturated rings. The van der Waals surface area contributed by atoms with Crippen LogP contribution in [0, 0.1) is 18.3 Å². The highest BCUT2D eigenvalue weighted by molar-refractivity contribution is 5.48. The van der Waals surface area contributed by atoms with Gasteiger partial charge in [-0.15, -0.1) is 0 Å². The SMILES string of the molecule is Cc1cc(C#N)ccc1CNc1cccc(C(F)(F)F)c1. The molecule has 0 aliphatic rings. The van der Waals surface area contributed by atoms with Gasteiger partial charge in [0.2, 0.25) is 0 Å². The maximum Gasteiger partial charge on any atom is 0.416 e. The Morgan fingerprint density at radius 3 is 2.52 bits per heavy atom. The fourth-order valence-corrected chi connectivity index (χ4v) is 1.97. The number of hydrogen-bond acceptors (Lipinski definition) is 2. The predicted molar refractivity (Wildman–Crippen MR) is 74.7 cm³/mol. The Labute approximate surface area is 120 Å². The summed E-state index contributed by atoms with van der Waals surface area (Å²) in [5.74, 6) is 0. The van der Waals surface area contributed by atoms with Gasteiger partial charge in [0, 0.05) is 12.2 Å². The molecule has 2 aromatic carbocycles.